The minimum absolute atomic E-state index is 0.0621. The number of aliphatic carboxylic acids is 1. The first-order valence-corrected chi connectivity index (χ1v) is 3.96. The van der Waals surface area contributed by atoms with Gasteiger partial charge in [0.1, 0.15) is 6.61 Å². The first kappa shape index (κ1) is 11.4. The lowest BCUT2D eigenvalue weighted by atomic mass is 10.1. The van der Waals surface area contributed by atoms with Gasteiger partial charge in [-0.25, -0.2) is 4.79 Å². The summed E-state index contributed by atoms with van der Waals surface area (Å²) in [6.07, 6.45) is 0. The summed E-state index contributed by atoms with van der Waals surface area (Å²) in [6.45, 7) is 7.03. The van der Waals surface area contributed by atoms with Crippen molar-refractivity contribution in [1.82, 2.24) is 5.32 Å². The standard InChI is InChI=1S/C8H17NO3/c1-8(2,3)9-4-5-12-6-7(10)11/h9H,4-6H2,1-3H3,(H,10,11). The number of carbonyl (C=O) groups is 1. The van der Waals surface area contributed by atoms with E-state index < -0.39 is 5.97 Å². The number of rotatable bonds is 5. The zero-order valence-electron chi connectivity index (χ0n) is 7.89. The third kappa shape index (κ3) is 9.39. The molecule has 0 aromatic rings. The zero-order chi connectivity index (χ0) is 9.61. The summed E-state index contributed by atoms with van der Waals surface area (Å²) in [5.74, 6) is -0.925. The third-order valence-electron chi connectivity index (χ3n) is 1.13. The summed E-state index contributed by atoms with van der Waals surface area (Å²) >= 11 is 0. The SMILES string of the molecule is CC(C)(C)NCCOCC(=O)O. The van der Waals surface area contributed by atoms with Gasteiger partial charge in [-0.05, 0) is 20.8 Å². The highest BCUT2D eigenvalue weighted by molar-refractivity contribution is 5.67. The molecule has 0 aliphatic rings. The van der Waals surface area contributed by atoms with Crippen molar-refractivity contribution in [3.8, 4) is 0 Å². The van der Waals surface area contributed by atoms with Gasteiger partial charge in [0.05, 0.1) is 6.61 Å². The minimum Gasteiger partial charge on any atom is -0.480 e. The first-order chi connectivity index (χ1) is 5.42. The summed E-state index contributed by atoms with van der Waals surface area (Å²) < 4.78 is 4.83. The summed E-state index contributed by atoms with van der Waals surface area (Å²) in [4.78, 5) is 10.0. The Labute approximate surface area is 72.9 Å². The van der Waals surface area contributed by atoms with Crippen LogP contribution in [0, 0.1) is 0 Å². The van der Waals surface area contributed by atoms with Crippen molar-refractivity contribution >= 4 is 5.97 Å². The maximum atomic E-state index is 10.0. The Hall–Kier alpha value is -0.610. The van der Waals surface area contributed by atoms with Gasteiger partial charge in [0.25, 0.3) is 0 Å². The Morgan fingerprint density at radius 1 is 1.50 bits per heavy atom. The highest BCUT2D eigenvalue weighted by atomic mass is 16.5. The molecule has 0 saturated carbocycles. The van der Waals surface area contributed by atoms with Crippen molar-refractivity contribution in [3.05, 3.63) is 0 Å². The molecule has 0 unspecified atom stereocenters. The van der Waals surface area contributed by atoms with Gasteiger partial charge in [0.2, 0.25) is 0 Å². The Morgan fingerprint density at radius 3 is 2.50 bits per heavy atom. The molecule has 0 heterocycles. The molecule has 0 atom stereocenters. The van der Waals surface area contributed by atoms with E-state index in [1.807, 2.05) is 20.8 Å². The van der Waals surface area contributed by atoms with Crippen LogP contribution in [0.5, 0.6) is 0 Å². The number of nitrogens with one attached hydrogen (secondary N) is 1. The van der Waals surface area contributed by atoms with E-state index in [9.17, 15) is 4.79 Å². The Balaban J connectivity index is 3.17. The van der Waals surface area contributed by atoms with Gasteiger partial charge in [-0.15, -0.1) is 0 Å². The van der Waals surface area contributed by atoms with Crippen LogP contribution in [-0.2, 0) is 9.53 Å². The van der Waals surface area contributed by atoms with Crippen LogP contribution in [0.1, 0.15) is 20.8 Å². The number of carboxylic acid groups (broad SMARTS) is 1. The highest BCUT2D eigenvalue weighted by Crippen LogP contribution is 1.96. The highest BCUT2D eigenvalue weighted by Gasteiger charge is 2.07. The maximum Gasteiger partial charge on any atom is 0.329 e. The van der Waals surface area contributed by atoms with Gasteiger partial charge in [-0.1, -0.05) is 0 Å². The fourth-order valence-electron chi connectivity index (χ4n) is 0.658. The normalized spacial score (nSPS) is 11.6. The van der Waals surface area contributed by atoms with Crippen molar-refractivity contribution in [2.75, 3.05) is 19.8 Å². The van der Waals surface area contributed by atoms with Crippen LogP contribution in [0.3, 0.4) is 0 Å². The number of hydrogen-bond acceptors (Lipinski definition) is 3. The van der Waals surface area contributed by atoms with Gasteiger partial charge in [0.15, 0.2) is 0 Å². The van der Waals surface area contributed by atoms with Crippen LogP contribution in [0.15, 0.2) is 0 Å². The molecule has 0 fully saturated rings. The van der Waals surface area contributed by atoms with Crippen molar-refractivity contribution < 1.29 is 14.6 Å². The molecule has 4 nitrogen and oxygen atoms in total. The largest absolute Gasteiger partial charge is 0.480 e. The molecule has 0 amide bonds. The van der Waals surface area contributed by atoms with Crippen LogP contribution in [0.4, 0.5) is 0 Å². The zero-order valence-corrected chi connectivity index (χ0v) is 7.89. The van der Waals surface area contributed by atoms with E-state index in [-0.39, 0.29) is 12.1 Å². The van der Waals surface area contributed by atoms with Gasteiger partial charge in [-0.3, -0.25) is 0 Å². The van der Waals surface area contributed by atoms with Crippen molar-refractivity contribution in [1.29, 1.82) is 0 Å². The molecule has 0 radical (unpaired) electrons. The average Bonchev–Trinajstić information content (AvgIpc) is 1.83. The van der Waals surface area contributed by atoms with E-state index in [2.05, 4.69) is 5.32 Å². The molecule has 0 aliphatic carbocycles. The second kappa shape index (κ2) is 5.11. The molecule has 0 rings (SSSR count). The molecule has 0 aliphatic heterocycles. The summed E-state index contributed by atoms with van der Waals surface area (Å²) in [6, 6.07) is 0. The number of ether oxygens (including phenoxy) is 1. The summed E-state index contributed by atoms with van der Waals surface area (Å²) in [5, 5.41) is 11.4. The monoisotopic (exact) mass is 175 g/mol. The first-order valence-electron chi connectivity index (χ1n) is 3.96. The lowest BCUT2D eigenvalue weighted by Gasteiger charge is -2.20. The number of hydrogen-bond donors (Lipinski definition) is 2. The van der Waals surface area contributed by atoms with Crippen molar-refractivity contribution in [2.24, 2.45) is 0 Å². The van der Waals surface area contributed by atoms with Crippen molar-refractivity contribution in [2.45, 2.75) is 26.3 Å². The van der Waals surface area contributed by atoms with Crippen LogP contribution in [0.2, 0.25) is 0 Å². The van der Waals surface area contributed by atoms with E-state index in [0.717, 1.165) is 0 Å². The van der Waals surface area contributed by atoms with E-state index in [0.29, 0.717) is 13.2 Å². The molecule has 72 valence electrons. The topological polar surface area (TPSA) is 58.6 Å². The second-order valence-corrected chi connectivity index (χ2v) is 3.62. The van der Waals surface area contributed by atoms with Crippen LogP contribution < -0.4 is 5.32 Å². The molecule has 0 aromatic carbocycles. The molecular weight excluding hydrogens is 158 g/mol. The molecule has 0 saturated heterocycles. The predicted molar refractivity (Wildman–Crippen MR) is 46.2 cm³/mol. The summed E-state index contributed by atoms with van der Waals surface area (Å²) in [7, 11) is 0. The van der Waals surface area contributed by atoms with E-state index in [1.165, 1.54) is 0 Å². The van der Waals surface area contributed by atoms with Gasteiger partial charge >= 0.3 is 5.97 Å². The number of carboxylic acids is 1. The van der Waals surface area contributed by atoms with Crippen molar-refractivity contribution in [3.63, 3.8) is 0 Å². The molecule has 4 heteroatoms. The molecule has 12 heavy (non-hydrogen) atoms. The van der Waals surface area contributed by atoms with E-state index in [1.54, 1.807) is 0 Å². The second-order valence-electron chi connectivity index (χ2n) is 3.62. The van der Waals surface area contributed by atoms with E-state index in [4.69, 9.17) is 9.84 Å². The lowest BCUT2D eigenvalue weighted by Crippen LogP contribution is -2.38. The fraction of sp³-hybridized carbons (Fsp3) is 0.875. The Bertz CT molecular complexity index is 140. The summed E-state index contributed by atoms with van der Waals surface area (Å²) in [5.41, 5.74) is 0.0621. The molecular formula is C8H17NO3. The minimum atomic E-state index is -0.925. The molecule has 0 aromatic heterocycles. The Morgan fingerprint density at radius 2 is 2.08 bits per heavy atom. The van der Waals surface area contributed by atoms with Gasteiger partial charge < -0.3 is 15.2 Å². The lowest BCUT2D eigenvalue weighted by molar-refractivity contribution is -0.142. The average molecular weight is 175 g/mol. The Kier molecular flexibility index (Phi) is 4.85. The molecule has 2 N–H and O–H groups in total. The van der Waals surface area contributed by atoms with Crippen LogP contribution in [-0.4, -0.2) is 36.4 Å². The van der Waals surface area contributed by atoms with E-state index >= 15 is 0 Å². The molecule has 0 bridgehead atoms. The third-order valence-corrected chi connectivity index (χ3v) is 1.13. The van der Waals surface area contributed by atoms with Gasteiger partial charge in [-0.2, -0.15) is 0 Å². The van der Waals surface area contributed by atoms with Crippen LogP contribution in [0.25, 0.3) is 0 Å². The maximum absolute atomic E-state index is 10.0. The fourth-order valence-corrected chi connectivity index (χ4v) is 0.658. The van der Waals surface area contributed by atoms with Gasteiger partial charge in [0, 0.05) is 12.1 Å². The predicted octanol–water partition coefficient (Wildman–Crippen LogP) is 0.476. The quantitative estimate of drug-likeness (QED) is 0.596. The smallest absolute Gasteiger partial charge is 0.329 e. The van der Waals surface area contributed by atoms with Crippen LogP contribution >= 0.6 is 0 Å². The molecule has 0 spiro atoms.